The summed E-state index contributed by atoms with van der Waals surface area (Å²) in [5, 5.41) is 8.40. The molecule has 0 radical (unpaired) electrons. The molecule has 0 bridgehead atoms. The molecule has 0 aromatic heterocycles. The fourth-order valence-electron chi connectivity index (χ4n) is 1.03. The number of carbonyl (C=O) groups is 2. The Bertz CT molecular complexity index is 360. The molecule has 0 aliphatic heterocycles. The average Bonchev–Trinajstić information content (AvgIpc) is 2.14. The molecule has 14 heavy (non-hydrogen) atoms. The van der Waals surface area contributed by atoms with Crippen LogP contribution in [0.1, 0.15) is 23.2 Å². The van der Waals surface area contributed by atoms with Crippen molar-refractivity contribution in [3.8, 4) is 0 Å². The lowest BCUT2D eigenvalue weighted by Gasteiger charge is -1.99. The lowest BCUT2D eigenvalue weighted by Crippen LogP contribution is -2.03. The summed E-state index contributed by atoms with van der Waals surface area (Å²) in [5.41, 5.74) is 0.542. The number of halogens is 1. The molecule has 0 saturated heterocycles. The van der Waals surface area contributed by atoms with Gasteiger partial charge in [0.2, 0.25) is 0 Å². The van der Waals surface area contributed by atoms with Gasteiger partial charge < -0.3 is 5.11 Å². The van der Waals surface area contributed by atoms with Crippen molar-refractivity contribution in [3.05, 3.63) is 34.3 Å². The van der Waals surface area contributed by atoms with Crippen molar-refractivity contribution < 1.29 is 14.7 Å². The van der Waals surface area contributed by atoms with Crippen molar-refractivity contribution in [2.45, 2.75) is 12.8 Å². The normalized spacial score (nSPS) is 9.79. The number of rotatable bonds is 4. The van der Waals surface area contributed by atoms with Gasteiger partial charge in [-0.25, -0.2) is 0 Å². The van der Waals surface area contributed by atoms with Gasteiger partial charge in [0.25, 0.3) is 0 Å². The van der Waals surface area contributed by atoms with Crippen LogP contribution >= 0.6 is 15.9 Å². The first kappa shape index (κ1) is 10.9. The molecule has 1 rings (SSSR count). The van der Waals surface area contributed by atoms with Gasteiger partial charge in [0.1, 0.15) is 0 Å². The molecule has 0 amide bonds. The van der Waals surface area contributed by atoms with Crippen molar-refractivity contribution in [1.29, 1.82) is 0 Å². The monoisotopic (exact) mass is 256 g/mol. The van der Waals surface area contributed by atoms with E-state index < -0.39 is 5.97 Å². The summed E-state index contributed by atoms with van der Waals surface area (Å²) in [5.74, 6) is -1.10. The molecule has 0 aliphatic carbocycles. The van der Waals surface area contributed by atoms with Gasteiger partial charge in [-0.1, -0.05) is 28.1 Å². The van der Waals surface area contributed by atoms with Crippen LogP contribution in [-0.4, -0.2) is 16.9 Å². The molecule has 0 heterocycles. The molecule has 0 unspecified atom stereocenters. The summed E-state index contributed by atoms with van der Waals surface area (Å²) in [6.07, 6.45) is -0.0723. The lowest BCUT2D eigenvalue weighted by molar-refractivity contribution is -0.136. The van der Waals surface area contributed by atoms with Gasteiger partial charge in [0.05, 0.1) is 6.42 Å². The van der Waals surface area contributed by atoms with E-state index in [-0.39, 0.29) is 18.6 Å². The first-order valence-electron chi connectivity index (χ1n) is 4.10. The highest BCUT2D eigenvalue weighted by atomic mass is 79.9. The minimum absolute atomic E-state index is 0.0474. The Labute approximate surface area is 89.9 Å². The standard InChI is InChI=1S/C10H9BrO3/c11-8-3-1-2-7(6-8)9(12)4-5-10(13)14/h1-3,6H,4-5H2,(H,13,14). The quantitative estimate of drug-likeness (QED) is 0.843. The average molecular weight is 257 g/mol. The van der Waals surface area contributed by atoms with Gasteiger partial charge in [-0.05, 0) is 12.1 Å². The minimum atomic E-state index is -0.951. The van der Waals surface area contributed by atoms with E-state index >= 15 is 0 Å². The number of hydrogen-bond acceptors (Lipinski definition) is 2. The highest BCUT2D eigenvalue weighted by Crippen LogP contribution is 2.13. The van der Waals surface area contributed by atoms with Crippen LogP contribution in [0, 0.1) is 0 Å². The second-order valence-electron chi connectivity index (χ2n) is 2.83. The molecule has 0 fully saturated rings. The van der Waals surface area contributed by atoms with Crippen LogP contribution in [0.3, 0.4) is 0 Å². The Kier molecular flexibility index (Phi) is 3.83. The number of Topliss-reactive ketones (excluding diaryl/α,β-unsaturated/α-hetero) is 1. The molecule has 1 N–H and O–H groups in total. The lowest BCUT2D eigenvalue weighted by atomic mass is 10.1. The zero-order valence-electron chi connectivity index (χ0n) is 7.37. The van der Waals surface area contributed by atoms with E-state index in [0.717, 1.165) is 4.47 Å². The van der Waals surface area contributed by atoms with Crippen LogP contribution in [0.2, 0.25) is 0 Å². The van der Waals surface area contributed by atoms with Crippen LogP contribution in [0.25, 0.3) is 0 Å². The van der Waals surface area contributed by atoms with Gasteiger partial charge in [0.15, 0.2) is 5.78 Å². The van der Waals surface area contributed by atoms with Gasteiger partial charge in [-0.15, -0.1) is 0 Å². The summed E-state index contributed by atoms with van der Waals surface area (Å²) >= 11 is 3.24. The fourth-order valence-corrected chi connectivity index (χ4v) is 1.43. The molecule has 1 aromatic rings. The maximum absolute atomic E-state index is 11.4. The largest absolute Gasteiger partial charge is 0.481 e. The molecule has 3 nitrogen and oxygen atoms in total. The number of hydrogen-bond donors (Lipinski definition) is 1. The van der Waals surface area contributed by atoms with Crippen LogP contribution in [0.4, 0.5) is 0 Å². The Morgan fingerprint density at radius 3 is 2.57 bits per heavy atom. The smallest absolute Gasteiger partial charge is 0.303 e. The van der Waals surface area contributed by atoms with E-state index in [1.165, 1.54) is 0 Å². The maximum Gasteiger partial charge on any atom is 0.303 e. The predicted octanol–water partition coefficient (Wildman–Crippen LogP) is 2.50. The van der Waals surface area contributed by atoms with E-state index in [9.17, 15) is 9.59 Å². The van der Waals surface area contributed by atoms with Crippen molar-refractivity contribution in [2.24, 2.45) is 0 Å². The first-order chi connectivity index (χ1) is 6.59. The van der Waals surface area contributed by atoms with Crippen molar-refractivity contribution in [3.63, 3.8) is 0 Å². The van der Waals surface area contributed by atoms with Crippen LogP contribution in [-0.2, 0) is 4.79 Å². The predicted molar refractivity (Wildman–Crippen MR) is 55.3 cm³/mol. The van der Waals surface area contributed by atoms with Crippen molar-refractivity contribution in [1.82, 2.24) is 0 Å². The van der Waals surface area contributed by atoms with E-state index in [0.29, 0.717) is 5.56 Å². The Morgan fingerprint density at radius 1 is 1.29 bits per heavy atom. The zero-order chi connectivity index (χ0) is 10.6. The Hall–Kier alpha value is -1.16. The van der Waals surface area contributed by atoms with Crippen molar-refractivity contribution >= 4 is 27.7 Å². The third kappa shape index (κ3) is 3.30. The molecular weight excluding hydrogens is 248 g/mol. The maximum atomic E-state index is 11.4. The first-order valence-corrected chi connectivity index (χ1v) is 4.89. The van der Waals surface area contributed by atoms with E-state index in [2.05, 4.69) is 15.9 Å². The number of aliphatic carboxylic acids is 1. The van der Waals surface area contributed by atoms with Gasteiger partial charge in [0, 0.05) is 16.5 Å². The molecule has 1 aromatic carbocycles. The van der Waals surface area contributed by atoms with Crippen molar-refractivity contribution in [2.75, 3.05) is 0 Å². The van der Waals surface area contributed by atoms with Gasteiger partial charge in [-0.2, -0.15) is 0 Å². The summed E-state index contributed by atoms with van der Waals surface area (Å²) < 4.78 is 0.818. The number of carbonyl (C=O) groups excluding carboxylic acids is 1. The summed E-state index contributed by atoms with van der Waals surface area (Å²) in [6, 6.07) is 6.92. The molecule has 4 heteroatoms. The van der Waals surface area contributed by atoms with E-state index in [1.807, 2.05) is 6.07 Å². The Balaban J connectivity index is 2.65. The van der Waals surface area contributed by atoms with Gasteiger partial charge >= 0.3 is 5.97 Å². The molecule has 74 valence electrons. The SMILES string of the molecule is O=C(O)CCC(=O)c1cccc(Br)c1. The third-order valence-corrected chi connectivity index (χ3v) is 2.21. The topological polar surface area (TPSA) is 54.4 Å². The molecular formula is C10H9BrO3. The molecule has 0 saturated carbocycles. The summed E-state index contributed by atoms with van der Waals surface area (Å²) in [7, 11) is 0. The van der Waals surface area contributed by atoms with E-state index in [1.54, 1.807) is 18.2 Å². The fraction of sp³-hybridized carbons (Fsp3) is 0.200. The third-order valence-electron chi connectivity index (χ3n) is 1.71. The molecule has 0 aliphatic rings. The molecule has 0 atom stereocenters. The number of ketones is 1. The zero-order valence-corrected chi connectivity index (χ0v) is 8.95. The van der Waals surface area contributed by atoms with Crippen LogP contribution in [0.15, 0.2) is 28.7 Å². The van der Waals surface area contributed by atoms with Crippen LogP contribution in [0.5, 0.6) is 0 Å². The highest BCUT2D eigenvalue weighted by molar-refractivity contribution is 9.10. The highest BCUT2D eigenvalue weighted by Gasteiger charge is 2.08. The van der Waals surface area contributed by atoms with Crippen LogP contribution < -0.4 is 0 Å². The second-order valence-corrected chi connectivity index (χ2v) is 3.74. The summed E-state index contributed by atoms with van der Waals surface area (Å²) in [6.45, 7) is 0. The molecule has 0 spiro atoms. The minimum Gasteiger partial charge on any atom is -0.481 e. The number of benzene rings is 1. The van der Waals surface area contributed by atoms with E-state index in [4.69, 9.17) is 5.11 Å². The van der Waals surface area contributed by atoms with Gasteiger partial charge in [-0.3, -0.25) is 9.59 Å². The number of carboxylic acid groups (broad SMARTS) is 1. The Morgan fingerprint density at radius 2 is 2.00 bits per heavy atom. The number of carboxylic acids is 1. The second kappa shape index (κ2) is 4.91. The summed E-state index contributed by atoms with van der Waals surface area (Å²) in [4.78, 5) is 21.7.